The standard InChI is InChI=1S/C19H19N3O/c1-4-21-13-22(17-11-6-5-10-16(17)21)12-18(23)20-19-14(2)8-7-9-15(19)3/h4-11,13H,1,12H2,2-3H3/p+1. The predicted molar refractivity (Wildman–Crippen MR) is 93.1 cm³/mol. The van der Waals surface area contributed by atoms with E-state index in [9.17, 15) is 4.79 Å². The second-order valence-electron chi connectivity index (χ2n) is 5.64. The largest absolute Gasteiger partial charge is 0.322 e. The van der Waals surface area contributed by atoms with Crippen LogP contribution in [-0.4, -0.2) is 10.5 Å². The van der Waals surface area contributed by atoms with Gasteiger partial charge in [0.05, 0.1) is 6.20 Å². The van der Waals surface area contributed by atoms with Crippen molar-refractivity contribution in [1.29, 1.82) is 0 Å². The normalized spacial score (nSPS) is 10.7. The van der Waals surface area contributed by atoms with Crippen molar-refractivity contribution in [2.24, 2.45) is 0 Å². The summed E-state index contributed by atoms with van der Waals surface area (Å²) < 4.78 is 3.85. The third kappa shape index (κ3) is 2.88. The Bertz CT molecular complexity index is 873. The van der Waals surface area contributed by atoms with Crippen molar-refractivity contribution in [2.75, 3.05) is 5.32 Å². The van der Waals surface area contributed by atoms with Crippen LogP contribution < -0.4 is 9.88 Å². The monoisotopic (exact) mass is 306 g/mol. The molecule has 116 valence electrons. The highest BCUT2D eigenvalue weighted by Crippen LogP contribution is 2.19. The van der Waals surface area contributed by atoms with Gasteiger partial charge in [-0.05, 0) is 37.1 Å². The molecule has 0 bridgehead atoms. The fourth-order valence-corrected chi connectivity index (χ4v) is 2.82. The van der Waals surface area contributed by atoms with Crippen LogP contribution in [0, 0.1) is 13.8 Å². The first-order chi connectivity index (χ1) is 11.1. The number of aromatic nitrogens is 2. The zero-order chi connectivity index (χ0) is 16.4. The number of amides is 1. The first-order valence-corrected chi connectivity index (χ1v) is 7.58. The van der Waals surface area contributed by atoms with Crippen LogP contribution in [0.2, 0.25) is 0 Å². The van der Waals surface area contributed by atoms with Crippen LogP contribution in [0.4, 0.5) is 5.69 Å². The zero-order valence-electron chi connectivity index (χ0n) is 13.4. The van der Waals surface area contributed by atoms with Gasteiger partial charge in [0.25, 0.3) is 5.91 Å². The summed E-state index contributed by atoms with van der Waals surface area (Å²) in [6, 6.07) is 13.9. The maximum Gasteiger partial charge on any atom is 0.266 e. The van der Waals surface area contributed by atoms with Gasteiger partial charge in [-0.25, -0.2) is 9.13 Å². The number of imidazole rings is 1. The molecule has 1 aromatic heterocycles. The van der Waals surface area contributed by atoms with Gasteiger partial charge in [0, 0.05) is 5.69 Å². The lowest BCUT2D eigenvalue weighted by Gasteiger charge is -2.10. The lowest BCUT2D eigenvalue weighted by molar-refractivity contribution is -0.658. The molecule has 2 aromatic carbocycles. The number of benzene rings is 2. The van der Waals surface area contributed by atoms with Crippen LogP contribution in [0.5, 0.6) is 0 Å². The minimum atomic E-state index is -0.0423. The van der Waals surface area contributed by atoms with Crippen molar-refractivity contribution in [1.82, 2.24) is 4.57 Å². The molecule has 0 atom stereocenters. The molecule has 0 aliphatic carbocycles. The molecule has 0 aliphatic rings. The van der Waals surface area contributed by atoms with Gasteiger partial charge in [0.1, 0.15) is 0 Å². The number of aryl methyl sites for hydroxylation is 2. The van der Waals surface area contributed by atoms with E-state index in [1.807, 2.05) is 71.8 Å². The molecule has 3 rings (SSSR count). The minimum absolute atomic E-state index is 0.0423. The van der Waals surface area contributed by atoms with Gasteiger partial charge >= 0.3 is 0 Å². The van der Waals surface area contributed by atoms with E-state index < -0.39 is 0 Å². The Balaban J connectivity index is 1.88. The number of fused-ring (bicyclic) bond motifs is 1. The van der Waals surface area contributed by atoms with Crippen molar-refractivity contribution >= 4 is 28.8 Å². The molecule has 1 heterocycles. The van der Waals surface area contributed by atoms with E-state index >= 15 is 0 Å². The maximum absolute atomic E-state index is 12.5. The quantitative estimate of drug-likeness (QED) is 0.738. The van der Waals surface area contributed by atoms with Gasteiger partial charge in [0.2, 0.25) is 6.33 Å². The number of nitrogens with one attached hydrogen (secondary N) is 1. The van der Waals surface area contributed by atoms with Crippen molar-refractivity contribution in [3.8, 4) is 0 Å². The van der Waals surface area contributed by atoms with Gasteiger partial charge in [0.15, 0.2) is 17.6 Å². The van der Waals surface area contributed by atoms with Crippen LogP contribution in [0.25, 0.3) is 17.2 Å². The van der Waals surface area contributed by atoms with Gasteiger partial charge < -0.3 is 5.32 Å². The highest BCUT2D eigenvalue weighted by atomic mass is 16.1. The third-order valence-electron chi connectivity index (χ3n) is 3.99. The van der Waals surface area contributed by atoms with Gasteiger partial charge in [-0.15, -0.1) is 0 Å². The molecule has 0 saturated heterocycles. The van der Waals surface area contributed by atoms with E-state index in [0.717, 1.165) is 27.8 Å². The fraction of sp³-hybridized carbons (Fsp3) is 0.158. The van der Waals surface area contributed by atoms with E-state index in [1.165, 1.54) is 0 Å². The van der Waals surface area contributed by atoms with Gasteiger partial charge in [-0.3, -0.25) is 4.79 Å². The molecule has 1 N–H and O–H groups in total. The van der Waals surface area contributed by atoms with Crippen LogP contribution in [0.15, 0.2) is 55.4 Å². The van der Waals surface area contributed by atoms with Crippen LogP contribution in [0.3, 0.4) is 0 Å². The zero-order valence-corrected chi connectivity index (χ0v) is 13.4. The molecule has 0 aliphatic heterocycles. The van der Waals surface area contributed by atoms with E-state index in [2.05, 4.69) is 11.9 Å². The lowest BCUT2D eigenvalue weighted by Crippen LogP contribution is -2.39. The number of anilines is 1. The number of carbonyl (C=O) groups is 1. The molecule has 0 saturated carbocycles. The number of hydrogen-bond acceptors (Lipinski definition) is 1. The highest BCUT2D eigenvalue weighted by Gasteiger charge is 2.17. The number of para-hydroxylation sites is 3. The Kier molecular flexibility index (Phi) is 3.98. The molecule has 0 radical (unpaired) electrons. The second kappa shape index (κ2) is 6.08. The molecule has 1 amide bonds. The number of hydrogen-bond donors (Lipinski definition) is 1. The molecule has 23 heavy (non-hydrogen) atoms. The lowest BCUT2D eigenvalue weighted by atomic mass is 10.1. The van der Waals surface area contributed by atoms with E-state index in [4.69, 9.17) is 0 Å². The molecule has 4 heteroatoms. The fourth-order valence-electron chi connectivity index (χ4n) is 2.82. The van der Waals surface area contributed by atoms with Crippen molar-refractivity contribution < 1.29 is 9.36 Å². The number of carbonyl (C=O) groups excluding carboxylic acids is 1. The van der Waals surface area contributed by atoms with Crippen LogP contribution in [0.1, 0.15) is 11.1 Å². The summed E-state index contributed by atoms with van der Waals surface area (Å²) >= 11 is 0. The van der Waals surface area contributed by atoms with Crippen LogP contribution >= 0.6 is 0 Å². The summed E-state index contributed by atoms with van der Waals surface area (Å²) in [7, 11) is 0. The summed E-state index contributed by atoms with van der Waals surface area (Å²) in [6.45, 7) is 8.07. The smallest absolute Gasteiger partial charge is 0.266 e. The third-order valence-corrected chi connectivity index (χ3v) is 3.99. The average molecular weight is 306 g/mol. The van der Waals surface area contributed by atoms with E-state index in [0.29, 0.717) is 0 Å². The summed E-state index contributed by atoms with van der Waals surface area (Å²) in [4.78, 5) is 12.5. The molecular weight excluding hydrogens is 286 g/mol. The Morgan fingerprint density at radius 3 is 2.57 bits per heavy atom. The van der Waals surface area contributed by atoms with E-state index in [1.54, 1.807) is 6.20 Å². The molecule has 0 unspecified atom stereocenters. The van der Waals surface area contributed by atoms with Crippen molar-refractivity contribution in [3.63, 3.8) is 0 Å². The van der Waals surface area contributed by atoms with E-state index in [-0.39, 0.29) is 12.5 Å². The predicted octanol–water partition coefficient (Wildman–Crippen LogP) is 3.28. The molecule has 0 spiro atoms. The maximum atomic E-state index is 12.5. The molecular formula is C19H20N3O+. The average Bonchev–Trinajstić information content (AvgIpc) is 2.89. The Morgan fingerprint density at radius 1 is 1.17 bits per heavy atom. The highest BCUT2D eigenvalue weighted by molar-refractivity contribution is 5.91. The second-order valence-corrected chi connectivity index (χ2v) is 5.64. The summed E-state index contributed by atoms with van der Waals surface area (Å²) in [5.41, 5.74) is 5.06. The number of rotatable bonds is 4. The summed E-state index contributed by atoms with van der Waals surface area (Å²) in [5, 5.41) is 3.02. The van der Waals surface area contributed by atoms with Gasteiger partial charge in [-0.2, -0.15) is 0 Å². The Morgan fingerprint density at radius 2 is 1.87 bits per heavy atom. The summed E-state index contributed by atoms with van der Waals surface area (Å²) in [5.74, 6) is -0.0423. The van der Waals surface area contributed by atoms with Gasteiger partial charge in [-0.1, -0.05) is 36.9 Å². The molecule has 0 fully saturated rings. The Labute approximate surface area is 135 Å². The number of nitrogens with zero attached hydrogens (tertiary/aromatic N) is 2. The first-order valence-electron chi connectivity index (χ1n) is 7.58. The topological polar surface area (TPSA) is 37.9 Å². The first kappa shape index (κ1) is 15.0. The molecule has 4 nitrogen and oxygen atoms in total. The van der Waals surface area contributed by atoms with Crippen LogP contribution in [-0.2, 0) is 11.3 Å². The van der Waals surface area contributed by atoms with Crippen molar-refractivity contribution in [3.05, 3.63) is 66.5 Å². The summed E-state index contributed by atoms with van der Waals surface area (Å²) in [6.07, 6.45) is 3.63. The minimum Gasteiger partial charge on any atom is -0.322 e. The Hall–Kier alpha value is -2.88. The van der Waals surface area contributed by atoms with Crippen molar-refractivity contribution in [2.45, 2.75) is 20.4 Å². The SMILES string of the molecule is C=Cn1c[n+](CC(=O)Nc2c(C)cccc2C)c2ccccc21. The molecule has 3 aromatic rings.